The summed E-state index contributed by atoms with van der Waals surface area (Å²) in [4.78, 5) is 28.7. The number of hydrogen-bond acceptors (Lipinski definition) is 4. The van der Waals surface area contributed by atoms with Crippen LogP contribution in [0.5, 0.6) is 0 Å². The zero-order chi connectivity index (χ0) is 21.4. The van der Waals surface area contributed by atoms with Gasteiger partial charge in [-0.2, -0.15) is 0 Å². The molecule has 3 rings (SSSR count). The van der Waals surface area contributed by atoms with Crippen LogP contribution in [0.3, 0.4) is 0 Å². The summed E-state index contributed by atoms with van der Waals surface area (Å²) >= 11 is 0. The van der Waals surface area contributed by atoms with Gasteiger partial charge in [0.1, 0.15) is 5.54 Å². The molecule has 1 aliphatic heterocycles. The topological polar surface area (TPSA) is 78.0 Å². The molecule has 1 heterocycles. The van der Waals surface area contributed by atoms with Crippen LogP contribution in [-0.2, 0) is 14.8 Å². The van der Waals surface area contributed by atoms with Gasteiger partial charge in [-0.1, -0.05) is 18.2 Å². The van der Waals surface area contributed by atoms with Crippen LogP contribution in [0.1, 0.15) is 24.2 Å². The average molecular weight is 416 g/mol. The van der Waals surface area contributed by atoms with Crippen molar-refractivity contribution in [1.29, 1.82) is 0 Å². The van der Waals surface area contributed by atoms with Gasteiger partial charge in [0.2, 0.25) is 5.91 Å². The van der Waals surface area contributed by atoms with E-state index < -0.39 is 15.6 Å². The van der Waals surface area contributed by atoms with Crippen molar-refractivity contribution in [3.8, 4) is 0 Å². The van der Waals surface area contributed by atoms with E-state index in [9.17, 15) is 18.0 Å². The minimum absolute atomic E-state index is 0.0918. The number of carbonyl (C=O) groups is 2. The van der Waals surface area contributed by atoms with E-state index in [1.54, 1.807) is 50.1 Å². The maximum atomic E-state index is 13.0. The van der Waals surface area contributed by atoms with Gasteiger partial charge < -0.3 is 9.80 Å². The predicted molar refractivity (Wildman–Crippen MR) is 111 cm³/mol. The minimum Gasteiger partial charge on any atom is -0.342 e. The highest BCUT2D eigenvalue weighted by Gasteiger charge is 2.43. The highest BCUT2D eigenvalue weighted by molar-refractivity contribution is 7.92. The summed E-state index contributed by atoms with van der Waals surface area (Å²) in [6.07, 6.45) is 0. The van der Waals surface area contributed by atoms with Crippen molar-refractivity contribution in [2.24, 2.45) is 0 Å². The van der Waals surface area contributed by atoms with Crippen molar-refractivity contribution in [1.82, 2.24) is 9.80 Å². The number of rotatable bonds is 4. The van der Waals surface area contributed by atoms with E-state index in [2.05, 4.69) is 0 Å². The summed E-state index contributed by atoms with van der Waals surface area (Å²) in [5.74, 6) is -0.419. The number of benzene rings is 2. The van der Waals surface area contributed by atoms with Crippen LogP contribution in [0.25, 0.3) is 0 Å². The third-order valence-electron chi connectivity index (χ3n) is 5.33. The molecule has 154 valence electrons. The Bertz CT molecular complexity index is 1020. The van der Waals surface area contributed by atoms with Crippen molar-refractivity contribution in [3.05, 3.63) is 60.2 Å². The van der Waals surface area contributed by atoms with Gasteiger partial charge in [0, 0.05) is 32.7 Å². The Balaban J connectivity index is 1.85. The molecule has 0 spiro atoms. The molecule has 1 aliphatic rings. The summed E-state index contributed by atoms with van der Waals surface area (Å²) in [6.45, 7) is 4.32. The van der Waals surface area contributed by atoms with Gasteiger partial charge in [0.05, 0.1) is 10.6 Å². The number of piperazine rings is 1. The molecule has 2 amide bonds. The third-order valence-corrected chi connectivity index (χ3v) is 7.13. The Kier molecular flexibility index (Phi) is 5.40. The van der Waals surface area contributed by atoms with Crippen LogP contribution < -0.4 is 4.31 Å². The van der Waals surface area contributed by atoms with E-state index in [0.717, 1.165) is 0 Å². The summed E-state index contributed by atoms with van der Waals surface area (Å²) in [5, 5.41) is 0. The van der Waals surface area contributed by atoms with Gasteiger partial charge in [0.25, 0.3) is 15.9 Å². The number of hydrogen-bond donors (Lipinski definition) is 0. The van der Waals surface area contributed by atoms with Crippen molar-refractivity contribution in [2.75, 3.05) is 31.5 Å². The molecule has 0 N–H and O–H groups in total. The molecule has 0 radical (unpaired) electrons. The van der Waals surface area contributed by atoms with Crippen LogP contribution in [0, 0.1) is 0 Å². The fourth-order valence-electron chi connectivity index (χ4n) is 3.43. The molecular weight excluding hydrogens is 390 g/mol. The van der Waals surface area contributed by atoms with E-state index >= 15 is 0 Å². The summed E-state index contributed by atoms with van der Waals surface area (Å²) in [7, 11) is -0.545. The van der Waals surface area contributed by atoms with E-state index in [4.69, 9.17) is 0 Å². The number of amides is 2. The minimum atomic E-state index is -3.75. The lowest BCUT2D eigenvalue weighted by Gasteiger charge is -2.44. The summed E-state index contributed by atoms with van der Waals surface area (Å²) in [5.41, 5.74) is -0.0652. The van der Waals surface area contributed by atoms with Gasteiger partial charge in [-0.15, -0.1) is 0 Å². The first-order valence-corrected chi connectivity index (χ1v) is 10.7. The Hall–Kier alpha value is -2.87. The number of carbonyl (C=O) groups excluding carboxylic acids is 2. The van der Waals surface area contributed by atoms with Crippen LogP contribution in [0.4, 0.5) is 5.69 Å². The molecule has 1 fully saturated rings. The van der Waals surface area contributed by atoms with Crippen molar-refractivity contribution in [2.45, 2.75) is 24.3 Å². The van der Waals surface area contributed by atoms with Crippen LogP contribution in [-0.4, -0.2) is 62.8 Å². The Morgan fingerprint density at radius 1 is 1.00 bits per heavy atom. The highest BCUT2D eigenvalue weighted by atomic mass is 32.2. The predicted octanol–water partition coefficient (Wildman–Crippen LogP) is 2.20. The molecule has 8 heteroatoms. The Labute approximate surface area is 171 Å². The largest absolute Gasteiger partial charge is 0.342 e. The smallest absolute Gasteiger partial charge is 0.264 e. The van der Waals surface area contributed by atoms with Gasteiger partial charge in [-0.25, -0.2) is 8.42 Å². The van der Waals surface area contributed by atoms with Gasteiger partial charge in [-0.3, -0.25) is 13.9 Å². The molecule has 1 saturated heterocycles. The fourth-order valence-corrected chi connectivity index (χ4v) is 4.62. The Morgan fingerprint density at radius 3 is 2.17 bits per heavy atom. The molecule has 0 aliphatic carbocycles. The number of anilines is 1. The normalized spacial score (nSPS) is 16.6. The van der Waals surface area contributed by atoms with E-state index in [-0.39, 0.29) is 16.7 Å². The average Bonchev–Trinajstić information content (AvgIpc) is 2.72. The number of sulfonamides is 1. The first kappa shape index (κ1) is 20.9. The van der Waals surface area contributed by atoms with Crippen LogP contribution in [0.15, 0.2) is 59.5 Å². The third kappa shape index (κ3) is 3.72. The second-order valence-corrected chi connectivity index (χ2v) is 9.54. The molecule has 0 aromatic heterocycles. The SMILES string of the molecule is CN1CCN(C(=O)c2ccc(S(=O)(=O)N(C)c3ccccc3)cc2)C(C)(C)C1=O. The Morgan fingerprint density at radius 2 is 1.59 bits per heavy atom. The summed E-state index contributed by atoms with van der Waals surface area (Å²) in [6, 6.07) is 14.6. The molecule has 0 unspecified atom stereocenters. The lowest BCUT2D eigenvalue weighted by Crippen LogP contribution is -2.63. The van der Waals surface area contributed by atoms with Gasteiger partial charge in [-0.05, 0) is 50.2 Å². The lowest BCUT2D eigenvalue weighted by molar-refractivity contribution is -0.144. The zero-order valence-electron chi connectivity index (χ0n) is 17.0. The first-order valence-electron chi connectivity index (χ1n) is 9.28. The molecule has 7 nitrogen and oxygen atoms in total. The second-order valence-electron chi connectivity index (χ2n) is 7.57. The molecule has 2 aromatic carbocycles. The van der Waals surface area contributed by atoms with E-state index in [1.807, 2.05) is 6.07 Å². The molecule has 29 heavy (non-hydrogen) atoms. The van der Waals surface area contributed by atoms with Crippen LogP contribution >= 0.6 is 0 Å². The van der Waals surface area contributed by atoms with Crippen molar-refractivity contribution < 1.29 is 18.0 Å². The van der Waals surface area contributed by atoms with Gasteiger partial charge in [0.15, 0.2) is 0 Å². The van der Waals surface area contributed by atoms with Crippen molar-refractivity contribution >= 4 is 27.5 Å². The van der Waals surface area contributed by atoms with E-state index in [0.29, 0.717) is 24.3 Å². The van der Waals surface area contributed by atoms with Crippen LogP contribution in [0.2, 0.25) is 0 Å². The van der Waals surface area contributed by atoms with E-state index in [1.165, 1.54) is 40.5 Å². The highest BCUT2D eigenvalue weighted by Crippen LogP contribution is 2.26. The fraction of sp³-hybridized carbons (Fsp3) is 0.333. The maximum Gasteiger partial charge on any atom is 0.264 e. The molecule has 0 saturated carbocycles. The second kappa shape index (κ2) is 7.51. The summed E-state index contributed by atoms with van der Waals surface area (Å²) < 4.78 is 27.0. The number of likely N-dealkylation sites (N-methyl/N-ethyl adjacent to an activating group) is 1. The molecule has 0 atom stereocenters. The quantitative estimate of drug-likeness (QED) is 0.767. The molecule has 0 bridgehead atoms. The monoisotopic (exact) mass is 415 g/mol. The standard InChI is InChI=1S/C21H25N3O4S/c1-21(2)20(26)22(3)14-15-24(21)19(25)16-10-12-18(13-11-16)29(27,28)23(4)17-8-6-5-7-9-17/h5-13H,14-15H2,1-4H3. The maximum absolute atomic E-state index is 13.0. The molecule has 2 aromatic rings. The lowest BCUT2D eigenvalue weighted by atomic mass is 9.96. The zero-order valence-corrected chi connectivity index (χ0v) is 17.8. The number of para-hydroxylation sites is 1. The van der Waals surface area contributed by atoms with Gasteiger partial charge >= 0.3 is 0 Å². The number of nitrogens with zero attached hydrogens (tertiary/aromatic N) is 3. The van der Waals surface area contributed by atoms with Crippen molar-refractivity contribution in [3.63, 3.8) is 0 Å². The first-order chi connectivity index (χ1) is 13.6. The molecular formula is C21H25N3O4S.